The van der Waals surface area contributed by atoms with Crippen molar-refractivity contribution in [2.45, 2.75) is 0 Å². The molecule has 2 aromatic carbocycles. The van der Waals surface area contributed by atoms with E-state index in [2.05, 4.69) is 26.1 Å². The van der Waals surface area contributed by atoms with Crippen LogP contribution in [0.25, 0.3) is 10.6 Å². The Morgan fingerprint density at radius 1 is 1.23 bits per heavy atom. The number of benzene rings is 2. The van der Waals surface area contributed by atoms with Crippen molar-refractivity contribution in [3.05, 3.63) is 67.6 Å². The molecule has 0 fully saturated rings. The number of nitro groups is 1. The zero-order chi connectivity index (χ0) is 18.8. The van der Waals surface area contributed by atoms with Gasteiger partial charge in [-0.2, -0.15) is 0 Å². The summed E-state index contributed by atoms with van der Waals surface area (Å²) in [6, 6.07) is 11.3. The van der Waals surface area contributed by atoms with Crippen molar-refractivity contribution in [1.29, 1.82) is 0 Å². The third-order valence-electron chi connectivity index (χ3n) is 3.49. The fourth-order valence-electron chi connectivity index (χ4n) is 2.12. The number of anilines is 1. The van der Waals surface area contributed by atoms with Gasteiger partial charge in [0.1, 0.15) is 5.01 Å². The van der Waals surface area contributed by atoms with E-state index >= 15 is 0 Å². The summed E-state index contributed by atoms with van der Waals surface area (Å²) in [4.78, 5) is 24.3. The van der Waals surface area contributed by atoms with E-state index in [0.29, 0.717) is 10.1 Å². The number of amides is 1. The number of carbonyl (C=O) groups is 1. The summed E-state index contributed by atoms with van der Waals surface area (Å²) in [5.74, 6) is -0.503. The normalized spacial score (nSPS) is 10.6. The molecule has 0 radical (unpaired) electrons. The third-order valence-corrected chi connectivity index (χ3v) is 5.40. The Morgan fingerprint density at radius 2 is 1.92 bits per heavy atom. The molecule has 10 heteroatoms. The molecular formula is C16H10BrClN4O3S. The van der Waals surface area contributed by atoms with Crippen molar-refractivity contribution >= 4 is 55.6 Å². The number of hydrogen-bond donors (Lipinski definition) is 0. The zero-order valence-electron chi connectivity index (χ0n) is 13.2. The van der Waals surface area contributed by atoms with E-state index in [9.17, 15) is 14.9 Å². The summed E-state index contributed by atoms with van der Waals surface area (Å²) < 4.78 is 0.943. The van der Waals surface area contributed by atoms with Crippen molar-refractivity contribution in [1.82, 2.24) is 10.2 Å². The molecule has 0 atom stereocenters. The van der Waals surface area contributed by atoms with E-state index in [0.717, 1.165) is 16.1 Å². The van der Waals surface area contributed by atoms with Crippen LogP contribution in [0.5, 0.6) is 0 Å². The fourth-order valence-corrected chi connectivity index (χ4v) is 3.39. The largest absolute Gasteiger partial charge is 0.286 e. The van der Waals surface area contributed by atoms with Gasteiger partial charge in [-0.05, 0) is 18.2 Å². The number of hydrogen-bond acceptors (Lipinski definition) is 6. The number of carbonyl (C=O) groups excluding carboxylic acids is 1. The minimum atomic E-state index is -0.580. The molecule has 0 saturated heterocycles. The van der Waals surface area contributed by atoms with Crippen LogP contribution in [-0.2, 0) is 0 Å². The van der Waals surface area contributed by atoms with Crippen LogP contribution in [0.15, 0.2) is 46.9 Å². The van der Waals surface area contributed by atoms with Crippen molar-refractivity contribution in [3.63, 3.8) is 0 Å². The van der Waals surface area contributed by atoms with E-state index in [1.54, 1.807) is 0 Å². The predicted molar refractivity (Wildman–Crippen MR) is 104 cm³/mol. The number of aromatic nitrogens is 2. The lowest BCUT2D eigenvalue weighted by molar-refractivity contribution is -0.384. The van der Waals surface area contributed by atoms with Gasteiger partial charge in [-0.1, -0.05) is 51.0 Å². The summed E-state index contributed by atoms with van der Waals surface area (Å²) >= 11 is 10.6. The molecule has 0 unspecified atom stereocenters. The highest BCUT2D eigenvalue weighted by molar-refractivity contribution is 9.10. The van der Waals surface area contributed by atoms with Gasteiger partial charge in [0, 0.05) is 29.2 Å². The van der Waals surface area contributed by atoms with Crippen LogP contribution in [0.3, 0.4) is 0 Å². The van der Waals surface area contributed by atoms with Gasteiger partial charge in [-0.25, -0.2) is 0 Å². The molecule has 0 N–H and O–H groups in total. The molecule has 0 aliphatic heterocycles. The van der Waals surface area contributed by atoms with Crippen molar-refractivity contribution < 1.29 is 9.72 Å². The second-order valence-electron chi connectivity index (χ2n) is 5.18. The van der Waals surface area contributed by atoms with Gasteiger partial charge in [0.15, 0.2) is 0 Å². The monoisotopic (exact) mass is 452 g/mol. The topological polar surface area (TPSA) is 89.2 Å². The molecule has 26 heavy (non-hydrogen) atoms. The van der Waals surface area contributed by atoms with Gasteiger partial charge in [-0.15, -0.1) is 10.2 Å². The standard InChI is InChI=1S/C16H10BrClN4O3S/c1-21(15(23)12-8-11(22(24)25)6-7-13(12)18)16-20-19-14(26-16)9-2-4-10(17)5-3-9/h2-8H,1H3. The number of nitro benzene ring substituents is 1. The Balaban J connectivity index is 1.89. The van der Waals surface area contributed by atoms with Crippen molar-refractivity contribution in [3.8, 4) is 10.6 Å². The molecule has 0 saturated carbocycles. The first-order chi connectivity index (χ1) is 12.4. The molecule has 3 aromatic rings. The maximum atomic E-state index is 12.7. The lowest BCUT2D eigenvalue weighted by Crippen LogP contribution is -2.26. The van der Waals surface area contributed by atoms with E-state index in [4.69, 9.17) is 11.6 Å². The van der Waals surface area contributed by atoms with E-state index < -0.39 is 10.8 Å². The Hall–Kier alpha value is -2.36. The van der Waals surface area contributed by atoms with Gasteiger partial charge in [0.25, 0.3) is 11.6 Å². The molecule has 0 aliphatic carbocycles. The van der Waals surface area contributed by atoms with Crippen LogP contribution >= 0.6 is 38.9 Å². The van der Waals surface area contributed by atoms with E-state index in [1.165, 1.54) is 35.4 Å². The third kappa shape index (κ3) is 3.74. The van der Waals surface area contributed by atoms with Gasteiger partial charge in [-0.3, -0.25) is 19.8 Å². The molecule has 0 spiro atoms. The summed E-state index contributed by atoms with van der Waals surface area (Å²) in [5, 5.41) is 20.2. The van der Waals surface area contributed by atoms with Crippen molar-refractivity contribution in [2.24, 2.45) is 0 Å². The Labute approximate surface area is 165 Å². The lowest BCUT2D eigenvalue weighted by atomic mass is 10.2. The van der Waals surface area contributed by atoms with Crippen LogP contribution < -0.4 is 4.90 Å². The molecule has 0 bridgehead atoms. The maximum Gasteiger partial charge on any atom is 0.270 e. The Bertz CT molecular complexity index is 993. The summed E-state index contributed by atoms with van der Waals surface area (Å²) in [6.45, 7) is 0. The molecule has 3 rings (SSSR count). The first kappa shape index (κ1) is 18.4. The lowest BCUT2D eigenvalue weighted by Gasteiger charge is -2.13. The second kappa shape index (κ2) is 7.48. The molecule has 1 aromatic heterocycles. The summed E-state index contributed by atoms with van der Waals surface area (Å²) in [5.41, 5.74) is 0.689. The fraction of sp³-hybridized carbons (Fsp3) is 0.0625. The average molecular weight is 454 g/mol. The van der Waals surface area contributed by atoms with Gasteiger partial charge in [0.05, 0.1) is 15.5 Å². The highest BCUT2D eigenvalue weighted by Gasteiger charge is 2.22. The SMILES string of the molecule is CN(C(=O)c1cc([N+](=O)[O-])ccc1Cl)c1nnc(-c2ccc(Br)cc2)s1. The molecule has 132 valence electrons. The minimum Gasteiger partial charge on any atom is -0.286 e. The molecular weight excluding hydrogens is 444 g/mol. The van der Waals surface area contributed by atoms with E-state index in [-0.39, 0.29) is 16.3 Å². The quantitative estimate of drug-likeness (QED) is 0.418. The minimum absolute atomic E-state index is 0.0313. The summed E-state index contributed by atoms with van der Waals surface area (Å²) in [6.07, 6.45) is 0. The Morgan fingerprint density at radius 3 is 2.58 bits per heavy atom. The first-order valence-corrected chi connectivity index (χ1v) is 9.17. The van der Waals surface area contributed by atoms with Crippen LogP contribution in [0.4, 0.5) is 10.8 Å². The van der Waals surface area contributed by atoms with Crippen LogP contribution in [0, 0.1) is 10.1 Å². The Kier molecular flexibility index (Phi) is 5.30. The highest BCUT2D eigenvalue weighted by atomic mass is 79.9. The zero-order valence-corrected chi connectivity index (χ0v) is 16.4. The van der Waals surface area contributed by atoms with Crippen LogP contribution in [-0.4, -0.2) is 28.1 Å². The molecule has 1 heterocycles. The average Bonchev–Trinajstić information content (AvgIpc) is 3.11. The number of non-ortho nitro benzene ring substituents is 1. The van der Waals surface area contributed by atoms with Gasteiger partial charge < -0.3 is 0 Å². The summed E-state index contributed by atoms with van der Waals surface area (Å²) in [7, 11) is 1.52. The second-order valence-corrected chi connectivity index (χ2v) is 7.46. The maximum absolute atomic E-state index is 12.7. The van der Waals surface area contributed by atoms with Gasteiger partial charge >= 0.3 is 0 Å². The number of rotatable bonds is 4. The molecule has 7 nitrogen and oxygen atoms in total. The predicted octanol–water partition coefficient (Wildman–Crippen LogP) is 4.81. The smallest absolute Gasteiger partial charge is 0.270 e. The number of nitrogens with zero attached hydrogens (tertiary/aromatic N) is 4. The van der Waals surface area contributed by atoms with Crippen LogP contribution in [0.2, 0.25) is 5.02 Å². The number of halogens is 2. The van der Waals surface area contributed by atoms with Gasteiger partial charge in [0.2, 0.25) is 5.13 Å². The molecule has 1 amide bonds. The molecule has 0 aliphatic rings. The van der Waals surface area contributed by atoms with Crippen molar-refractivity contribution in [2.75, 3.05) is 11.9 Å². The highest BCUT2D eigenvalue weighted by Crippen LogP contribution is 2.31. The van der Waals surface area contributed by atoms with Crippen LogP contribution in [0.1, 0.15) is 10.4 Å². The van der Waals surface area contributed by atoms with E-state index in [1.807, 2.05) is 24.3 Å². The first-order valence-electron chi connectivity index (χ1n) is 7.18.